The number of nitrogens with zero attached hydrogens (tertiary/aromatic N) is 1. The Morgan fingerprint density at radius 3 is 2.24 bits per heavy atom. The van der Waals surface area contributed by atoms with Crippen LogP contribution in [0.5, 0.6) is 0 Å². The maximum atomic E-state index is 2.58. The molecular weight excluding hydrogens is 206 g/mol. The van der Waals surface area contributed by atoms with E-state index >= 15 is 0 Å². The lowest BCUT2D eigenvalue weighted by Crippen LogP contribution is -2.30. The summed E-state index contributed by atoms with van der Waals surface area (Å²) in [5.41, 5.74) is 6.02. The molecule has 0 aromatic heterocycles. The van der Waals surface area contributed by atoms with E-state index in [1.807, 2.05) is 0 Å². The highest BCUT2D eigenvalue weighted by Crippen LogP contribution is 2.29. The Hall–Kier alpha value is -1.24. The lowest BCUT2D eigenvalue weighted by molar-refractivity contribution is 0.577. The number of benzene rings is 1. The zero-order valence-electron chi connectivity index (χ0n) is 10.7. The second kappa shape index (κ2) is 4.56. The van der Waals surface area contributed by atoms with Crippen molar-refractivity contribution in [3.63, 3.8) is 0 Å². The first-order valence-corrected chi connectivity index (χ1v) is 6.87. The number of hydrogen-bond acceptors (Lipinski definition) is 1. The number of rotatable bonds is 1. The largest absolute Gasteiger partial charge is 0.371 e. The first-order chi connectivity index (χ1) is 8.34. The maximum absolute atomic E-state index is 2.58. The topological polar surface area (TPSA) is 3.24 Å². The normalized spacial score (nSPS) is 19.2. The fraction of sp³-hybridized carbons (Fsp3) is 0.500. The molecule has 1 aromatic carbocycles. The van der Waals surface area contributed by atoms with Crippen LogP contribution in [0.15, 0.2) is 24.3 Å². The summed E-state index contributed by atoms with van der Waals surface area (Å²) in [5, 5.41) is 0. The standard InChI is InChI=1S/C16H21N/c1-13-11-14-7-3-4-8-15(14)12-16(13)17-9-5-2-6-10-17/h3-4,11-12H,2,5-10H2,1H3. The number of aryl methyl sites for hydroxylation is 1. The number of anilines is 1. The summed E-state index contributed by atoms with van der Waals surface area (Å²) >= 11 is 0. The Labute approximate surface area is 104 Å². The quantitative estimate of drug-likeness (QED) is 0.662. The lowest BCUT2D eigenvalue weighted by Gasteiger charge is -2.31. The maximum Gasteiger partial charge on any atom is 0.0398 e. The molecule has 0 N–H and O–H groups in total. The molecule has 0 amide bonds. The molecule has 0 atom stereocenters. The molecule has 0 radical (unpaired) electrons. The van der Waals surface area contributed by atoms with Crippen molar-refractivity contribution in [2.24, 2.45) is 0 Å². The number of piperidine rings is 1. The lowest BCUT2D eigenvalue weighted by atomic mass is 9.93. The molecule has 1 saturated heterocycles. The molecule has 1 nitrogen and oxygen atoms in total. The van der Waals surface area contributed by atoms with Crippen molar-refractivity contribution in [3.05, 3.63) is 41.0 Å². The molecule has 1 aliphatic carbocycles. The Bertz CT molecular complexity index is 439. The monoisotopic (exact) mass is 227 g/mol. The van der Waals surface area contributed by atoms with Crippen molar-refractivity contribution in [3.8, 4) is 0 Å². The van der Waals surface area contributed by atoms with Crippen LogP contribution in [-0.2, 0) is 12.8 Å². The molecule has 90 valence electrons. The van der Waals surface area contributed by atoms with Crippen LogP contribution >= 0.6 is 0 Å². The first kappa shape index (κ1) is 10.9. The average molecular weight is 227 g/mol. The molecule has 1 fully saturated rings. The van der Waals surface area contributed by atoms with Gasteiger partial charge in [0.2, 0.25) is 0 Å². The molecule has 1 heteroatoms. The van der Waals surface area contributed by atoms with Gasteiger partial charge in [0.25, 0.3) is 0 Å². The summed E-state index contributed by atoms with van der Waals surface area (Å²) in [6.45, 7) is 4.76. The third kappa shape index (κ3) is 2.11. The summed E-state index contributed by atoms with van der Waals surface area (Å²) in [4.78, 5) is 2.58. The molecule has 1 aliphatic heterocycles. The summed E-state index contributed by atoms with van der Waals surface area (Å²) in [7, 11) is 0. The second-order valence-electron chi connectivity index (χ2n) is 5.33. The number of hydrogen-bond donors (Lipinski definition) is 0. The molecule has 2 aliphatic rings. The van der Waals surface area contributed by atoms with Crippen LogP contribution in [0.1, 0.15) is 36.0 Å². The predicted octanol–water partition coefficient (Wildman–Crippen LogP) is 3.64. The second-order valence-corrected chi connectivity index (χ2v) is 5.33. The van der Waals surface area contributed by atoms with E-state index in [1.165, 1.54) is 49.2 Å². The zero-order valence-corrected chi connectivity index (χ0v) is 10.7. The third-order valence-corrected chi connectivity index (χ3v) is 4.06. The van der Waals surface area contributed by atoms with Gasteiger partial charge in [-0.3, -0.25) is 0 Å². The Morgan fingerprint density at radius 2 is 1.53 bits per heavy atom. The molecule has 0 unspecified atom stereocenters. The van der Waals surface area contributed by atoms with Gasteiger partial charge in [0.15, 0.2) is 0 Å². The van der Waals surface area contributed by atoms with Crippen LogP contribution in [0.25, 0.3) is 0 Å². The van der Waals surface area contributed by atoms with E-state index in [-0.39, 0.29) is 0 Å². The Balaban J connectivity index is 1.94. The van der Waals surface area contributed by atoms with Crippen LogP contribution in [0.3, 0.4) is 0 Å². The third-order valence-electron chi connectivity index (χ3n) is 4.06. The summed E-state index contributed by atoms with van der Waals surface area (Å²) in [5.74, 6) is 0. The predicted molar refractivity (Wildman–Crippen MR) is 73.8 cm³/mol. The van der Waals surface area contributed by atoms with Crippen molar-refractivity contribution < 1.29 is 0 Å². The minimum Gasteiger partial charge on any atom is -0.371 e. The van der Waals surface area contributed by atoms with E-state index in [0.29, 0.717) is 0 Å². The molecule has 0 bridgehead atoms. The van der Waals surface area contributed by atoms with Crippen molar-refractivity contribution in [2.45, 2.75) is 39.0 Å². The smallest absolute Gasteiger partial charge is 0.0398 e. The molecule has 3 rings (SSSR count). The van der Waals surface area contributed by atoms with Crippen molar-refractivity contribution in [1.82, 2.24) is 0 Å². The number of fused-ring (bicyclic) bond motifs is 1. The van der Waals surface area contributed by atoms with Crippen LogP contribution in [0.2, 0.25) is 0 Å². The molecular formula is C16H21N. The highest BCUT2D eigenvalue weighted by atomic mass is 15.1. The Morgan fingerprint density at radius 1 is 0.882 bits per heavy atom. The molecule has 0 saturated carbocycles. The fourth-order valence-electron chi connectivity index (χ4n) is 3.08. The van der Waals surface area contributed by atoms with E-state index in [0.717, 1.165) is 12.8 Å². The summed E-state index contributed by atoms with van der Waals surface area (Å²) < 4.78 is 0. The van der Waals surface area contributed by atoms with Gasteiger partial charge in [-0.15, -0.1) is 0 Å². The van der Waals surface area contributed by atoms with Gasteiger partial charge in [-0.05, 0) is 61.8 Å². The molecule has 1 aromatic rings. The minimum absolute atomic E-state index is 1.12. The highest BCUT2D eigenvalue weighted by Gasteiger charge is 2.15. The van der Waals surface area contributed by atoms with E-state index in [9.17, 15) is 0 Å². The van der Waals surface area contributed by atoms with Gasteiger partial charge in [0, 0.05) is 18.8 Å². The van der Waals surface area contributed by atoms with Crippen LogP contribution in [0.4, 0.5) is 5.69 Å². The summed E-state index contributed by atoms with van der Waals surface area (Å²) in [6, 6.07) is 4.85. The van der Waals surface area contributed by atoms with Gasteiger partial charge in [-0.25, -0.2) is 0 Å². The van der Waals surface area contributed by atoms with Crippen molar-refractivity contribution >= 4 is 5.69 Å². The SMILES string of the molecule is Cc1cc2c(cc1N1CCCCC1)CC=CC2. The van der Waals surface area contributed by atoms with E-state index < -0.39 is 0 Å². The van der Waals surface area contributed by atoms with Crippen LogP contribution in [0, 0.1) is 6.92 Å². The Kier molecular flexibility index (Phi) is 2.92. The first-order valence-electron chi connectivity index (χ1n) is 6.87. The van der Waals surface area contributed by atoms with Crippen molar-refractivity contribution in [1.29, 1.82) is 0 Å². The minimum atomic E-state index is 1.12. The molecule has 1 heterocycles. The van der Waals surface area contributed by atoms with Gasteiger partial charge >= 0.3 is 0 Å². The highest BCUT2D eigenvalue weighted by molar-refractivity contribution is 5.58. The zero-order chi connectivity index (χ0) is 11.7. The van der Waals surface area contributed by atoms with Gasteiger partial charge in [0.05, 0.1) is 0 Å². The summed E-state index contributed by atoms with van der Waals surface area (Å²) in [6.07, 6.45) is 11.0. The fourth-order valence-corrected chi connectivity index (χ4v) is 3.08. The van der Waals surface area contributed by atoms with Gasteiger partial charge in [0.1, 0.15) is 0 Å². The van der Waals surface area contributed by atoms with E-state index in [2.05, 4.69) is 36.1 Å². The van der Waals surface area contributed by atoms with Gasteiger partial charge in [-0.2, -0.15) is 0 Å². The van der Waals surface area contributed by atoms with Crippen LogP contribution < -0.4 is 4.90 Å². The van der Waals surface area contributed by atoms with E-state index in [1.54, 1.807) is 5.56 Å². The van der Waals surface area contributed by atoms with Crippen LogP contribution in [-0.4, -0.2) is 13.1 Å². The average Bonchev–Trinajstić information content (AvgIpc) is 2.39. The van der Waals surface area contributed by atoms with Gasteiger partial charge < -0.3 is 4.90 Å². The van der Waals surface area contributed by atoms with E-state index in [4.69, 9.17) is 0 Å². The van der Waals surface area contributed by atoms with Crippen molar-refractivity contribution in [2.75, 3.05) is 18.0 Å². The number of allylic oxidation sites excluding steroid dienone is 2. The molecule has 0 spiro atoms. The molecule has 17 heavy (non-hydrogen) atoms. The van der Waals surface area contributed by atoms with Gasteiger partial charge in [-0.1, -0.05) is 18.2 Å².